The summed E-state index contributed by atoms with van der Waals surface area (Å²) in [6.07, 6.45) is 5.08. The molecule has 3 aromatic rings. The molecule has 1 saturated heterocycles. The molecule has 2 aliphatic rings. The second kappa shape index (κ2) is 8.00. The maximum atomic E-state index is 12.7. The lowest BCUT2D eigenvalue weighted by atomic mass is 10.0. The van der Waals surface area contributed by atoms with Crippen molar-refractivity contribution in [1.82, 2.24) is 15.3 Å². The Hall–Kier alpha value is -2.45. The van der Waals surface area contributed by atoms with Gasteiger partial charge in [-0.1, -0.05) is 11.6 Å². The average Bonchev–Trinajstić information content (AvgIpc) is 3.53. The Morgan fingerprint density at radius 2 is 1.97 bits per heavy atom. The Labute approximate surface area is 181 Å². The number of nitrogens with one attached hydrogen (secondary N) is 1. The summed E-state index contributed by atoms with van der Waals surface area (Å²) in [6.45, 7) is 1.47. The second-order valence-electron chi connectivity index (χ2n) is 7.72. The van der Waals surface area contributed by atoms with E-state index in [1.165, 1.54) is 0 Å². The molecule has 5 rings (SSSR count). The van der Waals surface area contributed by atoms with Gasteiger partial charge < -0.3 is 14.6 Å². The van der Waals surface area contributed by atoms with Crippen molar-refractivity contribution in [3.63, 3.8) is 0 Å². The normalized spacial score (nSPS) is 18.5. The Balaban J connectivity index is 1.20. The molecule has 3 heterocycles. The summed E-state index contributed by atoms with van der Waals surface area (Å²) >= 11 is 6.02. The van der Waals surface area contributed by atoms with Gasteiger partial charge in [-0.2, -0.15) is 4.98 Å². The first-order valence-electron chi connectivity index (χ1n) is 10.1. The Bertz CT molecular complexity index is 1120. The van der Waals surface area contributed by atoms with Crippen LogP contribution in [0.25, 0.3) is 11.1 Å². The van der Waals surface area contributed by atoms with Gasteiger partial charge in [0.25, 0.3) is 11.9 Å². The number of anilines is 1. The van der Waals surface area contributed by atoms with Gasteiger partial charge >= 0.3 is 0 Å². The van der Waals surface area contributed by atoms with Crippen LogP contribution in [0.4, 0.5) is 6.01 Å². The van der Waals surface area contributed by atoms with Crippen LogP contribution in [0.1, 0.15) is 36.0 Å². The second-order valence-corrected chi connectivity index (χ2v) is 9.84. The average molecular weight is 445 g/mol. The lowest BCUT2D eigenvalue weighted by Crippen LogP contribution is -2.44. The van der Waals surface area contributed by atoms with Crippen LogP contribution in [0.2, 0.25) is 5.02 Å². The van der Waals surface area contributed by atoms with Crippen LogP contribution in [-0.2, 0) is 10.8 Å². The first-order valence-corrected chi connectivity index (χ1v) is 11.6. The van der Waals surface area contributed by atoms with E-state index >= 15 is 0 Å². The summed E-state index contributed by atoms with van der Waals surface area (Å²) in [5, 5.41) is 4.41. The molecule has 0 spiro atoms. The minimum absolute atomic E-state index is 0.0677. The van der Waals surface area contributed by atoms with Crippen molar-refractivity contribution in [3.8, 4) is 0 Å². The van der Waals surface area contributed by atoms with Crippen molar-refractivity contribution in [2.75, 3.05) is 18.0 Å². The van der Waals surface area contributed by atoms with Crippen molar-refractivity contribution in [3.05, 3.63) is 47.1 Å². The van der Waals surface area contributed by atoms with Gasteiger partial charge in [-0.25, -0.2) is 4.98 Å². The zero-order valence-electron chi connectivity index (χ0n) is 16.2. The van der Waals surface area contributed by atoms with E-state index in [4.69, 9.17) is 16.0 Å². The van der Waals surface area contributed by atoms with E-state index in [0.29, 0.717) is 27.2 Å². The van der Waals surface area contributed by atoms with Gasteiger partial charge in [0.1, 0.15) is 10.5 Å². The summed E-state index contributed by atoms with van der Waals surface area (Å²) in [4.78, 5) is 23.5. The van der Waals surface area contributed by atoms with E-state index in [1.807, 2.05) is 6.07 Å². The minimum Gasteiger partial charge on any atom is -0.423 e. The van der Waals surface area contributed by atoms with Crippen LogP contribution in [0.5, 0.6) is 0 Å². The number of nitrogens with zero attached hydrogens (tertiary/aromatic N) is 3. The molecule has 2 aromatic heterocycles. The molecule has 1 aliphatic carbocycles. The number of carbonyl (C=O) groups excluding carboxylic acids is 1. The molecule has 1 atom stereocenters. The van der Waals surface area contributed by atoms with Gasteiger partial charge in [0.2, 0.25) is 0 Å². The van der Waals surface area contributed by atoms with E-state index in [1.54, 1.807) is 30.5 Å². The number of piperidine rings is 1. The van der Waals surface area contributed by atoms with Crippen molar-refractivity contribution >= 4 is 45.4 Å². The van der Waals surface area contributed by atoms with Crippen LogP contribution < -0.4 is 10.2 Å². The van der Waals surface area contributed by atoms with Crippen LogP contribution in [0, 0.1) is 0 Å². The lowest BCUT2D eigenvalue weighted by molar-refractivity contribution is 0.0930. The Morgan fingerprint density at radius 3 is 2.73 bits per heavy atom. The number of benzene rings is 1. The summed E-state index contributed by atoms with van der Waals surface area (Å²) in [6, 6.07) is 9.36. The number of aromatic nitrogens is 2. The first-order chi connectivity index (χ1) is 14.6. The van der Waals surface area contributed by atoms with Crippen LogP contribution in [0.15, 0.2) is 46.0 Å². The highest BCUT2D eigenvalue weighted by Crippen LogP contribution is 2.30. The Kier molecular flexibility index (Phi) is 5.20. The third-order valence-electron chi connectivity index (χ3n) is 5.47. The summed E-state index contributed by atoms with van der Waals surface area (Å²) in [5.74, 6) is -0.151. The van der Waals surface area contributed by atoms with E-state index in [-0.39, 0.29) is 17.2 Å². The standard InChI is InChI=1S/C21H21ClN4O3S/c22-14-1-4-18-17(12-14)25-21(29-18)26-9-6-15(7-10-26)24-20(27)13-5-8-23-19(11-13)30(28)16-2-3-16/h1,4-5,8,11-12,15-16H,2-3,6-7,9-10H2,(H,24,27). The molecule has 1 aliphatic heterocycles. The topological polar surface area (TPSA) is 88.3 Å². The van der Waals surface area contributed by atoms with Crippen molar-refractivity contribution in [2.45, 2.75) is 42.0 Å². The number of halogens is 1. The SMILES string of the molecule is O=C(NC1CCN(c2nc3cc(Cl)ccc3o2)CC1)c1ccnc(S(=O)C2CC2)c1. The smallest absolute Gasteiger partial charge is 0.298 e. The third-order valence-corrected chi connectivity index (χ3v) is 7.42. The highest BCUT2D eigenvalue weighted by molar-refractivity contribution is 7.85. The molecule has 1 saturated carbocycles. The fraction of sp³-hybridized carbons (Fsp3) is 0.381. The van der Waals surface area contributed by atoms with Gasteiger partial charge in [0.15, 0.2) is 5.58 Å². The maximum Gasteiger partial charge on any atom is 0.298 e. The van der Waals surface area contributed by atoms with Gasteiger partial charge in [0, 0.05) is 41.2 Å². The molecule has 9 heteroatoms. The molecule has 0 bridgehead atoms. The van der Waals surface area contributed by atoms with Crippen LogP contribution >= 0.6 is 11.6 Å². The molecule has 2 fully saturated rings. The molecule has 1 amide bonds. The number of carbonyl (C=O) groups is 1. The molecule has 0 radical (unpaired) electrons. The molecule has 30 heavy (non-hydrogen) atoms. The molecule has 1 unspecified atom stereocenters. The van der Waals surface area contributed by atoms with Gasteiger partial charge in [-0.05, 0) is 56.0 Å². The zero-order valence-corrected chi connectivity index (χ0v) is 17.8. The molecule has 7 nitrogen and oxygen atoms in total. The minimum atomic E-state index is -1.12. The largest absolute Gasteiger partial charge is 0.423 e. The number of hydrogen-bond acceptors (Lipinski definition) is 6. The van der Waals surface area contributed by atoms with E-state index in [0.717, 1.165) is 44.3 Å². The number of amides is 1. The fourth-order valence-electron chi connectivity index (χ4n) is 3.62. The number of fused-ring (bicyclic) bond motifs is 1. The first kappa shape index (κ1) is 19.5. The van der Waals surface area contributed by atoms with E-state index in [2.05, 4.69) is 20.2 Å². The lowest BCUT2D eigenvalue weighted by Gasteiger charge is -2.31. The quantitative estimate of drug-likeness (QED) is 0.647. The van der Waals surface area contributed by atoms with Gasteiger partial charge in [-0.15, -0.1) is 0 Å². The van der Waals surface area contributed by atoms with Crippen molar-refractivity contribution in [1.29, 1.82) is 0 Å². The molecule has 156 valence electrons. The van der Waals surface area contributed by atoms with Crippen molar-refractivity contribution in [2.24, 2.45) is 0 Å². The number of oxazole rings is 1. The number of rotatable bonds is 5. The molecular weight excluding hydrogens is 424 g/mol. The monoisotopic (exact) mass is 444 g/mol. The number of hydrogen-bond donors (Lipinski definition) is 1. The summed E-state index contributed by atoms with van der Waals surface area (Å²) in [5.41, 5.74) is 1.96. The predicted octanol–water partition coefficient (Wildman–Crippen LogP) is 3.55. The Morgan fingerprint density at radius 1 is 1.17 bits per heavy atom. The molecule has 1 N–H and O–H groups in total. The van der Waals surface area contributed by atoms with Crippen LogP contribution in [-0.4, -0.2) is 44.5 Å². The van der Waals surface area contributed by atoms with Crippen molar-refractivity contribution < 1.29 is 13.4 Å². The van der Waals surface area contributed by atoms with E-state index in [9.17, 15) is 9.00 Å². The zero-order chi connectivity index (χ0) is 20.7. The molecule has 1 aromatic carbocycles. The number of pyridine rings is 1. The van der Waals surface area contributed by atoms with E-state index < -0.39 is 10.8 Å². The highest BCUT2D eigenvalue weighted by atomic mass is 35.5. The predicted molar refractivity (Wildman–Crippen MR) is 115 cm³/mol. The summed E-state index contributed by atoms with van der Waals surface area (Å²) in [7, 11) is -1.12. The highest BCUT2D eigenvalue weighted by Gasteiger charge is 2.30. The maximum absolute atomic E-state index is 12.7. The van der Waals surface area contributed by atoms with Gasteiger partial charge in [0.05, 0.1) is 10.8 Å². The molecular formula is C21H21ClN4O3S. The third kappa shape index (κ3) is 4.06. The summed E-state index contributed by atoms with van der Waals surface area (Å²) < 4.78 is 18.2. The fourth-order valence-corrected chi connectivity index (χ4v) is 5.10. The van der Waals surface area contributed by atoms with Gasteiger partial charge in [-0.3, -0.25) is 9.00 Å². The van der Waals surface area contributed by atoms with Crippen LogP contribution in [0.3, 0.4) is 0 Å².